The third kappa shape index (κ3) is 7.12. The third-order valence-corrected chi connectivity index (χ3v) is 5.13. The van der Waals surface area contributed by atoms with Crippen molar-refractivity contribution in [3.05, 3.63) is 40.8 Å². The molecule has 1 rings (SSSR count). The van der Waals surface area contributed by atoms with Gasteiger partial charge in [-0.2, -0.15) is 0 Å². The summed E-state index contributed by atoms with van der Waals surface area (Å²) in [5, 5.41) is 2.36. The fraction of sp³-hybridized carbons (Fsp3) is 0.529. The zero-order chi connectivity index (χ0) is 13.9. The first-order chi connectivity index (χ1) is 9.27. The van der Waals surface area contributed by atoms with Gasteiger partial charge >= 0.3 is 0 Å². The number of hydrogen-bond acceptors (Lipinski definition) is 2. The molecule has 0 aliphatic heterocycles. The molecule has 0 heterocycles. The summed E-state index contributed by atoms with van der Waals surface area (Å²) in [6.07, 6.45) is 5.16. The minimum Gasteiger partial charge on any atom is -0.133 e. The molecule has 2 heteroatoms. The van der Waals surface area contributed by atoms with E-state index in [1.54, 1.807) is 0 Å². The SMILES string of the molecule is CCCCS/C=C(\SCCCC)c1ccc(C)cc1. The van der Waals surface area contributed by atoms with Gasteiger partial charge in [0.05, 0.1) is 0 Å². The van der Waals surface area contributed by atoms with E-state index < -0.39 is 0 Å². The Hall–Kier alpha value is -0.340. The van der Waals surface area contributed by atoms with E-state index >= 15 is 0 Å². The van der Waals surface area contributed by atoms with Gasteiger partial charge in [-0.05, 0) is 42.2 Å². The van der Waals surface area contributed by atoms with Gasteiger partial charge in [-0.3, -0.25) is 0 Å². The average Bonchev–Trinajstić information content (AvgIpc) is 2.43. The number of rotatable bonds is 9. The smallest absolute Gasteiger partial charge is 0.0207 e. The molecule has 0 aromatic heterocycles. The van der Waals surface area contributed by atoms with E-state index in [4.69, 9.17) is 0 Å². The van der Waals surface area contributed by atoms with Crippen LogP contribution in [0.1, 0.15) is 50.7 Å². The number of thioether (sulfide) groups is 2. The molecule has 0 radical (unpaired) electrons. The van der Waals surface area contributed by atoms with Crippen LogP contribution in [0.4, 0.5) is 0 Å². The lowest BCUT2D eigenvalue weighted by molar-refractivity contribution is 0.897. The number of aryl methyl sites for hydroxylation is 1. The van der Waals surface area contributed by atoms with Gasteiger partial charge in [0.25, 0.3) is 0 Å². The van der Waals surface area contributed by atoms with Crippen LogP contribution in [0, 0.1) is 6.92 Å². The summed E-state index contributed by atoms with van der Waals surface area (Å²) < 4.78 is 0. The molecule has 1 aromatic carbocycles. The Morgan fingerprint density at radius 3 is 2.26 bits per heavy atom. The largest absolute Gasteiger partial charge is 0.133 e. The minimum absolute atomic E-state index is 1.23. The first kappa shape index (κ1) is 16.7. The molecule has 0 fully saturated rings. The van der Waals surface area contributed by atoms with Crippen LogP contribution >= 0.6 is 23.5 Å². The quantitative estimate of drug-likeness (QED) is 0.486. The van der Waals surface area contributed by atoms with E-state index in [2.05, 4.69) is 50.4 Å². The Balaban J connectivity index is 2.64. The van der Waals surface area contributed by atoms with Crippen molar-refractivity contribution in [3.63, 3.8) is 0 Å². The van der Waals surface area contributed by atoms with Gasteiger partial charge in [0.15, 0.2) is 0 Å². The molecule has 0 atom stereocenters. The summed E-state index contributed by atoms with van der Waals surface area (Å²) in [5.74, 6) is 2.46. The maximum absolute atomic E-state index is 2.36. The molecule has 0 amide bonds. The lowest BCUT2D eigenvalue weighted by Crippen LogP contribution is -1.84. The molecule has 0 aliphatic carbocycles. The Bertz CT molecular complexity index is 365. The highest BCUT2D eigenvalue weighted by molar-refractivity contribution is 8.10. The fourth-order valence-corrected chi connectivity index (χ4v) is 3.88. The summed E-state index contributed by atoms with van der Waals surface area (Å²) >= 11 is 3.96. The second-order valence-electron chi connectivity index (χ2n) is 4.77. The van der Waals surface area contributed by atoms with E-state index in [-0.39, 0.29) is 0 Å². The van der Waals surface area contributed by atoms with Crippen molar-refractivity contribution in [2.24, 2.45) is 0 Å². The van der Waals surface area contributed by atoms with E-state index in [9.17, 15) is 0 Å². The normalized spacial score (nSPS) is 11.8. The Labute approximate surface area is 127 Å². The molecule has 0 saturated carbocycles. The molecular formula is C17H26S2. The highest BCUT2D eigenvalue weighted by Crippen LogP contribution is 2.31. The predicted molar refractivity (Wildman–Crippen MR) is 93.9 cm³/mol. The zero-order valence-corrected chi connectivity index (χ0v) is 14.1. The lowest BCUT2D eigenvalue weighted by atomic mass is 10.1. The molecule has 1 aromatic rings. The molecule has 0 saturated heterocycles. The van der Waals surface area contributed by atoms with Crippen molar-refractivity contribution in [3.8, 4) is 0 Å². The monoisotopic (exact) mass is 294 g/mol. The molecule has 106 valence electrons. The standard InChI is InChI=1S/C17H26S2/c1-4-6-12-18-14-17(19-13-7-5-2)16-10-8-15(3)9-11-16/h8-11,14H,4-7,12-13H2,1-3H3/b17-14-. The van der Waals surface area contributed by atoms with E-state index in [1.165, 1.54) is 53.2 Å². The van der Waals surface area contributed by atoms with Crippen molar-refractivity contribution in [2.75, 3.05) is 11.5 Å². The highest BCUT2D eigenvalue weighted by atomic mass is 32.2. The van der Waals surface area contributed by atoms with Gasteiger partial charge in [-0.1, -0.05) is 56.5 Å². The van der Waals surface area contributed by atoms with Crippen LogP contribution in [0.3, 0.4) is 0 Å². The highest BCUT2D eigenvalue weighted by Gasteiger charge is 2.02. The maximum atomic E-state index is 2.36. The van der Waals surface area contributed by atoms with Crippen LogP contribution in [0.15, 0.2) is 29.7 Å². The Kier molecular flexibility index (Phi) is 9.19. The fourth-order valence-electron chi connectivity index (χ4n) is 1.59. The van der Waals surface area contributed by atoms with Gasteiger partial charge in [0.1, 0.15) is 0 Å². The molecule has 0 N–H and O–H groups in total. The minimum atomic E-state index is 1.23. The van der Waals surface area contributed by atoms with Crippen molar-refractivity contribution in [2.45, 2.75) is 46.5 Å². The molecular weight excluding hydrogens is 268 g/mol. The maximum Gasteiger partial charge on any atom is 0.0207 e. The first-order valence-corrected chi connectivity index (χ1v) is 9.33. The first-order valence-electron chi connectivity index (χ1n) is 7.29. The van der Waals surface area contributed by atoms with Gasteiger partial charge < -0.3 is 0 Å². The number of hydrogen-bond donors (Lipinski definition) is 0. The van der Waals surface area contributed by atoms with Crippen LogP contribution in [0.2, 0.25) is 0 Å². The van der Waals surface area contributed by atoms with Crippen LogP contribution in [-0.2, 0) is 0 Å². The third-order valence-electron chi connectivity index (χ3n) is 2.90. The van der Waals surface area contributed by atoms with E-state index in [0.717, 1.165) is 0 Å². The Morgan fingerprint density at radius 1 is 1.00 bits per heavy atom. The zero-order valence-electron chi connectivity index (χ0n) is 12.4. The van der Waals surface area contributed by atoms with Crippen molar-refractivity contribution in [1.29, 1.82) is 0 Å². The van der Waals surface area contributed by atoms with E-state index in [0.29, 0.717) is 0 Å². The van der Waals surface area contributed by atoms with Gasteiger partial charge in [0.2, 0.25) is 0 Å². The molecule has 0 unspecified atom stereocenters. The summed E-state index contributed by atoms with van der Waals surface area (Å²) in [6, 6.07) is 8.92. The van der Waals surface area contributed by atoms with Crippen molar-refractivity contribution < 1.29 is 0 Å². The molecule has 0 aliphatic rings. The molecule has 0 spiro atoms. The van der Waals surface area contributed by atoms with Gasteiger partial charge in [-0.15, -0.1) is 23.5 Å². The second kappa shape index (κ2) is 10.4. The van der Waals surface area contributed by atoms with Crippen LogP contribution in [0.25, 0.3) is 4.91 Å². The molecule has 0 nitrogen and oxygen atoms in total. The lowest BCUT2D eigenvalue weighted by Gasteiger charge is -2.08. The number of benzene rings is 1. The van der Waals surface area contributed by atoms with Crippen LogP contribution in [0.5, 0.6) is 0 Å². The van der Waals surface area contributed by atoms with Gasteiger partial charge in [0, 0.05) is 4.91 Å². The van der Waals surface area contributed by atoms with E-state index in [1.807, 2.05) is 23.5 Å². The summed E-state index contributed by atoms with van der Waals surface area (Å²) in [6.45, 7) is 6.65. The summed E-state index contributed by atoms with van der Waals surface area (Å²) in [4.78, 5) is 1.44. The number of unbranched alkanes of at least 4 members (excludes halogenated alkanes) is 2. The topological polar surface area (TPSA) is 0 Å². The van der Waals surface area contributed by atoms with Gasteiger partial charge in [-0.25, -0.2) is 0 Å². The van der Waals surface area contributed by atoms with Crippen molar-refractivity contribution in [1.82, 2.24) is 0 Å². The second-order valence-corrected chi connectivity index (χ2v) is 6.89. The van der Waals surface area contributed by atoms with Crippen LogP contribution < -0.4 is 0 Å². The Morgan fingerprint density at radius 2 is 1.63 bits per heavy atom. The van der Waals surface area contributed by atoms with Crippen LogP contribution in [-0.4, -0.2) is 11.5 Å². The summed E-state index contributed by atoms with van der Waals surface area (Å²) in [7, 11) is 0. The predicted octanol–water partition coefficient (Wildman–Crippen LogP) is 6.36. The van der Waals surface area contributed by atoms with Crippen molar-refractivity contribution >= 4 is 28.4 Å². The average molecular weight is 295 g/mol. The molecule has 19 heavy (non-hydrogen) atoms. The molecule has 0 bridgehead atoms. The summed E-state index contributed by atoms with van der Waals surface area (Å²) in [5.41, 5.74) is 2.70.